The van der Waals surface area contributed by atoms with Gasteiger partial charge >= 0.3 is 0 Å². The molecular formula is C29H44N2. The van der Waals surface area contributed by atoms with Gasteiger partial charge in [-0.2, -0.15) is 0 Å². The molecule has 0 bridgehead atoms. The Hall–Kier alpha value is -1.96. The van der Waals surface area contributed by atoms with Gasteiger partial charge in [0.05, 0.1) is 0 Å². The van der Waals surface area contributed by atoms with Crippen molar-refractivity contribution in [3.8, 4) is 11.1 Å². The summed E-state index contributed by atoms with van der Waals surface area (Å²) in [7, 11) is 0. The van der Waals surface area contributed by atoms with Gasteiger partial charge in [0, 0.05) is 37.6 Å². The van der Waals surface area contributed by atoms with Crippen LogP contribution in [0.25, 0.3) is 11.1 Å². The summed E-state index contributed by atoms with van der Waals surface area (Å²) >= 11 is 0. The van der Waals surface area contributed by atoms with Crippen LogP contribution in [0, 0.1) is 0 Å². The van der Waals surface area contributed by atoms with Crippen molar-refractivity contribution in [3.05, 3.63) is 47.5 Å². The van der Waals surface area contributed by atoms with Crippen LogP contribution in [-0.4, -0.2) is 26.2 Å². The van der Waals surface area contributed by atoms with Gasteiger partial charge in [0.25, 0.3) is 0 Å². The fourth-order valence-electron chi connectivity index (χ4n) is 4.71. The Balaban J connectivity index is 1.80. The summed E-state index contributed by atoms with van der Waals surface area (Å²) in [6.45, 7) is 13.9. The maximum absolute atomic E-state index is 2.61. The average molecular weight is 421 g/mol. The summed E-state index contributed by atoms with van der Waals surface area (Å²) < 4.78 is 0. The molecule has 0 unspecified atom stereocenters. The molecule has 2 aromatic carbocycles. The first-order chi connectivity index (χ1) is 15.2. The molecule has 0 fully saturated rings. The predicted octanol–water partition coefficient (Wildman–Crippen LogP) is 8.07. The van der Waals surface area contributed by atoms with Gasteiger partial charge in [-0.05, 0) is 78.6 Å². The Morgan fingerprint density at radius 3 is 1.23 bits per heavy atom. The van der Waals surface area contributed by atoms with E-state index in [1.165, 1.54) is 111 Å². The fourth-order valence-corrected chi connectivity index (χ4v) is 4.71. The molecule has 0 spiro atoms. The Kier molecular flexibility index (Phi) is 9.31. The molecule has 0 radical (unpaired) electrons. The second-order valence-electron chi connectivity index (χ2n) is 9.25. The van der Waals surface area contributed by atoms with E-state index in [9.17, 15) is 0 Å². The van der Waals surface area contributed by atoms with Crippen molar-refractivity contribution in [3.63, 3.8) is 0 Å². The van der Waals surface area contributed by atoms with E-state index in [1.54, 1.807) is 0 Å². The monoisotopic (exact) mass is 420 g/mol. The van der Waals surface area contributed by atoms with E-state index in [1.807, 2.05) is 0 Å². The number of hydrogen-bond acceptors (Lipinski definition) is 2. The highest BCUT2D eigenvalue weighted by Crippen LogP contribution is 2.40. The number of fused-ring (bicyclic) bond motifs is 3. The average Bonchev–Trinajstić information content (AvgIpc) is 3.16. The Morgan fingerprint density at radius 1 is 0.548 bits per heavy atom. The molecule has 0 saturated carbocycles. The number of rotatable bonds is 14. The normalized spacial score (nSPS) is 12.0. The molecule has 170 valence electrons. The predicted molar refractivity (Wildman–Crippen MR) is 139 cm³/mol. The number of benzene rings is 2. The van der Waals surface area contributed by atoms with Crippen molar-refractivity contribution in [2.75, 3.05) is 36.0 Å². The van der Waals surface area contributed by atoms with Crippen molar-refractivity contribution in [2.45, 2.75) is 85.5 Å². The number of hydrogen-bond donors (Lipinski definition) is 0. The van der Waals surface area contributed by atoms with Gasteiger partial charge < -0.3 is 9.80 Å². The van der Waals surface area contributed by atoms with Crippen LogP contribution in [0.3, 0.4) is 0 Å². The molecule has 0 N–H and O–H groups in total. The first-order valence-corrected chi connectivity index (χ1v) is 13.0. The van der Waals surface area contributed by atoms with Crippen LogP contribution in [0.2, 0.25) is 0 Å². The Morgan fingerprint density at radius 2 is 0.903 bits per heavy atom. The minimum absolute atomic E-state index is 1.08. The molecule has 0 atom stereocenters. The molecule has 0 aliphatic heterocycles. The third kappa shape index (κ3) is 6.05. The largest absolute Gasteiger partial charge is 0.372 e. The van der Waals surface area contributed by atoms with Crippen LogP contribution in [0.1, 0.15) is 90.2 Å². The minimum Gasteiger partial charge on any atom is -0.372 e. The minimum atomic E-state index is 1.08. The van der Waals surface area contributed by atoms with Crippen molar-refractivity contribution in [1.82, 2.24) is 0 Å². The maximum atomic E-state index is 2.61. The lowest BCUT2D eigenvalue weighted by molar-refractivity contribution is 0.677. The fraction of sp³-hybridized carbons (Fsp3) is 0.586. The van der Waals surface area contributed by atoms with E-state index in [2.05, 4.69) is 73.9 Å². The molecular weight excluding hydrogens is 376 g/mol. The molecule has 3 rings (SSSR count). The lowest BCUT2D eigenvalue weighted by Gasteiger charge is -2.25. The van der Waals surface area contributed by atoms with E-state index >= 15 is 0 Å². The highest BCUT2D eigenvalue weighted by molar-refractivity contribution is 5.80. The van der Waals surface area contributed by atoms with Gasteiger partial charge in [-0.25, -0.2) is 0 Å². The second-order valence-corrected chi connectivity index (χ2v) is 9.25. The van der Waals surface area contributed by atoms with Crippen LogP contribution in [-0.2, 0) is 6.42 Å². The van der Waals surface area contributed by atoms with Crippen molar-refractivity contribution >= 4 is 11.4 Å². The third-order valence-corrected chi connectivity index (χ3v) is 6.71. The zero-order valence-electron chi connectivity index (χ0n) is 20.6. The summed E-state index contributed by atoms with van der Waals surface area (Å²) in [6, 6.07) is 14.4. The van der Waals surface area contributed by atoms with Crippen LogP contribution < -0.4 is 9.80 Å². The number of unbranched alkanes of at least 4 members (excludes halogenated alkanes) is 4. The molecule has 0 aromatic heterocycles. The zero-order valence-corrected chi connectivity index (χ0v) is 20.6. The first-order valence-electron chi connectivity index (χ1n) is 13.0. The molecule has 0 heterocycles. The molecule has 2 heteroatoms. The topological polar surface area (TPSA) is 6.48 Å². The maximum Gasteiger partial charge on any atom is 0.0369 e. The number of anilines is 2. The Labute approximate surface area is 191 Å². The van der Waals surface area contributed by atoms with E-state index in [-0.39, 0.29) is 0 Å². The molecule has 2 aromatic rings. The summed E-state index contributed by atoms with van der Waals surface area (Å²) in [5.41, 5.74) is 8.75. The molecule has 0 amide bonds. The zero-order chi connectivity index (χ0) is 22.1. The summed E-state index contributed by atoms with van der Waals surface area (Å²) in [6.07, 6.45) is 11.2. The van der Waals surface area contributed by atoms with Gasteiger partial charge in [-0.3, -0.25) is 0 Å². The van der Waals surface area contributed by atoms with E-state index < -0.39 is 0 Å². The van der Waals surface area contributed by atoms with Gasteiger partial charge in [0.2, 0.25) is 0 Å². The highest BCUT2D eigenvalue weighted by atomic mass is 15.1. The lowest BCUT2D eigenvalue weighted by atomic mass is 10.0. The summed E-state index contributed by atoms with van der Waals surface area (Å²) in [5.74, 6) is 0. The lowest BCUT2D eigenvalue weighted by Crippen LogP contribution is -2.25. The van der Waals surface area contributed by atoms with Gasteiger partial charge in [-0.1, -0.05) is 65.5 Å². The van der Waals surface area contributed by atoms with Gasteiger partial charge in [0.15, 0.2) is 0 Å². The molecule has 1 aliphatic carbocycles. The van der Waals surface area contributed by atoms with Crippen molar-refractivity contribution < 1.29 is 0 Å². The van der Waals surface area contributed by atoms with E-state index in [4.69, 9.17) is 0 Å². The highest BCUT2D eigenvalue weighted by Gasteiger charge is 2.21. The van der Waals surface area contributed by atoms with Gasteiger partial charge in [0.1, 0.15) is 0 Å². The third-order valence-electron chi connectivity index (χ3n) is 6.71. The standard InChI is InChI=1S/C29H44N2/c1-5-9-17-30(18-10-6-2)26-13-15-28-24(22-26)21-25-23-27(14-16-29(25)28)31(19-11-7-3)20-12-8-4/h13-16,22-23H,5-12,17-21H2,1-4H3. The molecule has 1 aliphatic rings. The van der Waals surface area contributed by atoms with Crippen LogP contribution >= 0.6 is 0 Å². The molecule has 0 saturated heterocycles. The van der Waals surface area contributed by atoms with Gasteiger partial charge in [-0.15, -0.1) is 0 Å². The Bertz CT molecular complexity index is 727. The van der Waals surface area contributed by atoms with E-state index in [0.29, 0.717) is 0 Å². The quantitative estimate of drug-likeness (QED) is 0.260. The number of nitrogens with zero attached hydrogens (tertiary/aromatic N) is 2. The summed E-state index contributed by atoms with van der Waals surface area (Å²) in [4.78, 5) is 5.22. The van der Waals surface area contributed by atoms with Crippen LogP contribution in [0.15, 0.2) is 36.4 Å². The van der Waals surface area contributed by atoms with Crippen molar-refractivity contribution in [2.24, 2.45) is 0 Å². The SMILES string of the molecule is CCCCN(CCCC)c1ccc2c(c1)Cc1cc(N(CCCC)CCCC)ccc1-2. The van der Waals surface area contributed by atoms with E-state index in [0.717, 1.165) is 6.42 Å². The second kappa shape index (κ2) is 12.2. The van der Waals surface area contributed by atoms with Crippen LogP contribution in [0.5, 0.6) is 0 Å². The molecule has 31 heavy (non-hydrogen) atoms. The summed E-state index contributed by atoms with van der Waals surface area (Å²) in [5, 5.41) is 0. The van der Waals surface area contributed by atoms with Crippen molar-refractivity contribution in [1.29, 1.82) is 0 Å². The first kappa shape index (κ1) is 23.7. The molecule has 2 nitrogen and oxygen atoms in total. The van der Waals surface area contributed by atoms with Crippen LogP contribution in [0.4, 0.5) is 11.4 Å². The smallest absolute Gasteiger partial charge is 0.0369 e.